The third kappa shape index (κ3) is 6.17. The van der Waals surface area contributed by atoms with Gasteiger partial charge in [0.25, 0.3) is 0 Å². The highest BCUT2D eigenvalue weighted by Gasteiger charge is 2.24. The van der Waals surface area contributed by atoms with E-state index in [2.05, 4.69) is 6.58 Å². The smallest absolute Gasteiger partial charge is 0.166 e. The summed E-state index contributed by atoms with van der Waals surface area (Å²) < 4.78 is 49.5. The molecule has 0 amide bonds. The summed E-state index contributed by atoms with van der Waals surface area (Å²) in [5, 5.41) is 0. The fraction of sp³-hybridized carbons (Fsp3) is 0.355. The first-order valence-electron chi connectivity index (χ1n) is 12.5. The van der Waals surface area contributed by atoms with Crippen LogP contribution in [-0.4, -0.2) is 6.61 Å². The van der Waals surface area contributed by atoms with E-state index in [0.29, 0.717) is 48.0 Å². The SMILES string of the molecule is C=CCCOc1ccc(C2CCC(CCc3ccc(-c4ccc(C)cc4)c(F)c3F)CC2)cc1F. The number of aryl methyl sites for hydroxylation is 2. The number of hydrogen-bond acceptors (Lipinski definition) is 1. The quantitative estimate of drug-likeness (QED) is 0.220. The van der Waals surface area contributed by atoms with Crippen LogP contribution in [0.15, 0.2) is 67.3 Å². The molecule has 0 saturated heterocycles. The first-order chi connectivity index (χ1) is 17.0. The van der Waals surface area contributed by atoms with Gasteiger partial charge in [0.2, 0.25) is 0 Å². The van der Waals surface area contributed by atoms with Crippen LogP contribution in [0.1, 0.15) is 61.1 Å². The van der Waals surface area contributed by atoms with Gasteiger partial charge in [0, 0.05) is 5.56 Å². The average molecular weight is 479 g/mol. The van der Waals surface area contributed by atoms with E-state index in [9.17, 15) is 13.2 Å². The van der Waals surface area contributed by atoms with Crippen LogP contribution in [0.3, 0.4) is 0 Å². The maximum absolute atomic E-state index is 14.8. The Labute approximate surface area is 206 Å². The second-order valence-corrected chi connectivity index (χ2v) is 9.64. The van der Waals surface area contributed by atoms with Crippen molar-refractivity contribution in [2.24, 2.45) is 5.92 Å². The second-order valence-electron chi connectivity index (χ2n) is 9.64. The van der Waals surface area contributed by atoms with Gasteiger partial charge in [-0.3, -0.25) is 0 Å². The topological polar surface area (TPSA) is 9.23 Å². The van der Waals surface area contributed by atoms with E-state index in [4.69, 9.17) is 4.74 Å². The number of hydrogen-bond donors (Lipinski definition) is 0. The molecule has 0 aliphatic heterocycles. The number of ether oxygens (including phenoxy) is 1. The third-order valence-corrected chi connectivity index (χ3v) is 7.20. The van der Waals surface area contributed by atoms with Crippen LogP contribution < -0.4 is 4.74 Å². The Morgan fingerprint density at radius 1 is 0.914 bits per heavy atom. The lowest BCUT2D eigenvalue weighted by Gasteiger charge is -2.29. The molecule has 1 aliphatic rings. The molecular weight excluding hydrogens is 445 g/mol. The summed E-state index contributed by atoms with van der Waals surface area (Å²) in [4.78, 5) is 0. The standard InChI is InChI=1S/C31H33F3O/c1-3-4-19-35-29-18-16-26(20-28(29)32)23-12-7-22(8-13-23)9-14-25-15-17-27(31(34)30(25)33)24-10-5-21(2)6-11-24/h3,5-6,10-11,15-18,20,22-23H,1,4,7-9,12-14,19H2,2H3. The van der Waals surface area contributed by atoms with Crippen molar-refractivity contribution in [1.82, 2.24) is 0 Å². The van der Waals surface area contributed by atoms with E-state index in [1.807, 2.05) is 37.3 Å². The van der Waals surface area contributed by atoms with Crippen LogP contribution in [0.4, 0.5) is 13.2 Å². The lowest BCUT2D eigenvalue weighted by atomic mass is 9.77. The van der Waals surface area contributed by atoms with Crippen molar-refractivity contribution in [2.45, 2.75) is 57.8 Å². The Morgan fingerprint density at radius 2 is 1.66 bits per heavy atom. The second kappa shape index (κ2) is 11.6. The van der Waals surface area contributed by atoms with Gasteiger partial charge in [-0.1, -0.05) is 54.1 Å². The summed E-state index contributed by atoms with van der Waals surface area (Å²) in [6.45, 7) is 6.03. The minimum Gasteiger partial charge on any atom is -0.490 e. The highest BCUT2D eigenvalue weighted by Crippen LogP contribution is 2.39. The molecule has 0 aromatic heterocycles. The molecule has 4 heteroatoms. The number of benzene rings is 3. The number of rotatable bonds is 9. The Hall–Kier alpha value is -3.01. The summed E-state index contributed by atoms with van der Waals surface area (Å²) >= 11 is 0. The molecule has 0 spiro atoms. The van der Waals surface area contributed by atoms with Crippen molar-refractivity contribution in [2.75, 3.05) is 6.61 Å². The van der Waals surface area contributed by atoms with Crippen LogP contribution in [0.5, 0.6) is 5.75 Å². The highest BCUT2D eigenvalue weighted by molar-refractivity contribution is 5.65. The Balaban J connectivity index is 1.31. The van der Waals surface area contributed by atoms with Gasteiger partial charge < -0.3 is 4.74 Å². The summed E-state index contributed by atoms with van der Waals surface area (Å²) in [6.07, 6.45) is 7.75. The van der Waals surface area contributed by atoms with Gasteiger partial charge in [0.15, 0.2) is 23.2 Å². The van der Waals surface area contributed by atoms with Crippen molar-refractivity contribution in [3.63, 3.8) is 0 Å². The summed E-state index contributed by atoms with van der Waals surface area (Å²) in [5.74, 6) is -0.744. The zero-order valence-corrected chi connectivity index (χ0v) is 20.3. The van der Waals surface area contributed by atoms with Crippen LogP contribution in [-0.2, 0) is 6.42 Å². The lowest BCUT2D eigenvalue weighted by Crippen LogP contribution is -2.14. The zero-order valence-electron chi connectivity index (χ0n) is 20.3. The van der Waals surface area contributed by atoms with Gasteiger partial charge in [0.1, 0.15) is 0 Å². The van der Waals surface area contributed by atoms with E-state index in [-0.39, 0.29) is 11.6 Å². The van der Waals surface area contributed by atoms with Crippen molar-refractivity contribution < 1.29 is 17.9 Å². The van der Waals surface area contributed by atoms with E-state index in [1.54, 1.807) is 30.3 Å². The molecule has 35 heavy (non-hydrogen) atoms. The van der Waals surface area contributed by atoms with Gasteiger partial charge in [0.05, 0.1) is 6.61 Å². The van der Waals surface area contributed by atoms with Crippen LogP contribution in [0, 0.1) is 30.3 Å². The molecule has 0 atom stereocenters. The summed E-state index contributed by atoms with van der Waals surface area (Å²) in [6, 6.07) is 16.1. The molecule has 0 N–H and O–H groups in total. The zero-order chi connectivity index (χ0) is 24.8. The maximum Gasteiger partial charge on any atom is 0.166 e. The molecule has 1 aliphatic carbocycles. The van der Waals surface area contributed by atoms with Crippen LogP contribution >= 0.6 is 0 Å². The Bertz CT molecular complexity index is 1140. The van der Waals surface area contributed by atoms with Gasteiger partial charge in [-0.25, -0.2) is 13.2 Å². The molecular formula is C31H33F3O. The molecule has 0 heterocycles. The van der Waals surface area contributed by atoms with Crippen molar-refractivity contribution in [3.8, 4) is 16.9 Å². The largest absolute Gasteiger partial charge is 0.490 e. The molecule has 1 nitrogen and oxygen atoms in total. The number of halogens is 3. The van der Waals surface area contributed by atoms with Gasteiger partial charge in [-0.15, -0.1) is 6.58 Å². The minimum absolute atomic E-state index is 0.284. The van der Waals surface area contributed by atoms with Crippen molar-refractivity contribution >= 4 is 0 Å². The third-order valence-electron chi connectivity index (χ3n) is 7.20. The predicted octanol–water partition coefficient (Wildman–Crippen LogP) is 8.94. The summed E-state index contributed by atoms with van der Waals surface area (Å²) in [5.41, 5.74) is 3.52. The molecule has 3 aromatic carbocycles. The van der Waals surface area contributed by atoms with Crippen LogP contribution in [0.25, 0.3) is 11.1 Å². The van der Waals surface area contributed by atoms with Crippen molar-refractivity contribution in [3.05, 3.63) is 101 Å². The Morgan fingerprint density at radius 3 is 2.34 bits per heavy atom. The molecule has 0 bridgehead atoms. The molecule has 4 rings (SSSR count). The predicted molar refractivity (Wildman–Crippen MR) is 136 cm³/mol. The first kappa shape index (κ1) is 25.1. The summed E-state index contributed by atoms with van der Waals surface area (Å²) in [7, 11) is 0. The normalized spacial score (nSPS) is 17.8. The van der Waals surface area contributed by atoms with E-state index >= 15 is 0 Å². The fourth-order valence-corrected chi connectivity index (χ4v) is 5.02. The van der Waals surface area contributed by atoms with E-state index < -0.39 is 11.6 Å². The molecule has 0 radical (unpaired) electrons. The minimum atomic E-state index is -0.769. The van der Waals surface area contributed by atoms with E-state index in [0.717, 1.165) is 43.2 Å². The first-order valence-corrected chi connectivity index (χ1v) is 12.5. The molecule has 1 fully saturated rings. The van der Waals surface area contributed by atoms with Gasteiger partial charge >= 0.3 is 0 Å². The molecule has 1 saturated carbocycles. The van der Waals surface area contributed by atoms with Crippen molar-refractivity contribution in [1.29, 1.82) is 0 Å². The van der Waals surface area contributed by atoms with Crippen LogP contribution in [0.2, 0.25) is 0 Å². The van der Waals surface area contributed by atoms with Gasteiger partial charge in [-0.05, 0) is 92.5 Å². The van der Waals surface area contributed by atoms with Gasteiger partial charge in [-0.2, -0.15) is 0 Å². The monoisotopic (exact) mass is 478 g/mol. The molecule has 3 aromatic rings. The molecule has 0 unspecified atom stereocenters. The van der Waals surface area contributed by atoms with E-state index in [1.165, 1.54) is 0 Å². The maximum atomic E-state index is 14.8. The molecule has 184 valence electrons. The average Bonchev–Trinajstić information content (AvgIpc) is 2.87. The highest BCUT2D eigenvalue weighted by atomic mass is 19.2. The Kier molecular flexibility index (Phi) is 8.33. The lowest BCUT2D eigenvalue weighted by molar-refractivity contribution is 0.302. The fourth-order valence-electron chi connectivity index (χ4n) is 5.02.